The lowest BCUT2D eigenvalue weighted by Gasteiger charge is -2.20. The fourth-order valence-corrected chi connectivity index (χ4v) is 2.73. The van der Waals surface area contributed by atoms with Gasteiger partial charge in [0.25, 0.3) is 0 Å². The number of nitrogens with two attached hydrogens (primary N) is 1. The van der Waals surface area contributed by atoms with Crippen molar-refractivity contribution >= 4 is 17.3 Å². The molecule has 1 aromatic heterocycles. The Balaban J connectivity index is 1.65. The summed E-state index contributed by atoms with van der Waals surface area (Å²) in [6, 6.07) is 5.43. The molecule has 6 nitrogen and oxygen atoms in total. The molecule has 1 saturated heterocycles. The van der Waals surface area contributed by atoms with Crippen LogP contribution in [0.15, 0.2) is 36.5 Å². The van der Waals surface area contributed by atoms with Crippen LogP contribution in [0.25, 0.3) is 0 Å². The minimum absolute atomic E-state index is 0.114. The molecule has 0 saturated carbocycles. The first-order valence-corrected chi connectivity index (χ1v) is 8.41. The third-order valence-electron chi connectivity index (χ3n) is 4.33. The van der Waals surface area contributed by atoms with Crippen LogP contribution in [0.3, 0.4) is 0 Å². The van der Waals surface area contributed by atoms with Crippen molar-refractivity contribution in [1.29, 1.82) is 0 Å². The Kier molecular flexibility index (Phi) is 5.52. The number of pyridine rings is 1. The number of carbonyl (C=O) groups excluding carboxylic acids is 1. The molecule has 1 aliphatic heterocycles. The Morgan fingerprint density at radius 2 is 2.07 bits per heavy atom. The van der Waals surface area contributed by atoms with Crippen LogP contribution in [0.4, 0.5) is 28.9 Å². The standard InChI is InChI=1S/C18H18F4N4O2/c19-11-1-4-15(14(7-11)18(20,21)22)26-13-3-2-12(24-9-13)8-25-16(27)17(23)5-6-28-10-17/h1-4,7,9,26H,5-6,8,10,23H2,(H,25,27). The summed E-state index contributed by atoms with van der Waals surface area (Å²) in [6.45, 7) is 0.683. The topological polar surface area (TPSA) is 89.3 Å². The molecular weight excluding hydrogens is 380 g/mol. The van der Waals surface area contributed by atoms with Crippen molar-refractivity contribution in [2.75, 3.05) is 18.5 Å². The maximum atomic E-state index is 13.2. The molecule has 1 aliphatic rings. The van der Waals surface area contributed by atoms with E-state index in [1.54, 1.807) is 6.07 Å². The van der Waals surface area contributed by atoms with Gasteiger partial charge >= 0.3 is 6.18 Å². The van der Waals surface area contributed by atoms with Gasteiger partial charge in [0.05, 0.1) is 42.0 Å². The average Bonchev–Trinajstić information content (AvgIpc) is 3.09. The van der Waals surface area contributed by atoms with Crippen LogP contribution >= 0.6 is 0 Å². The molecule has 150 valence electrons. The molecule has 1 atom stereocenters. The van der Waals surface area contributed by atoms with Crippen LogP contribution in [-0.4, -0.2) is 29.6 Å². The number of aromatic nitrogens is 1. The highest BCUT2D eigenvalue weighted by Gasteiger charge is 2.38. The molecule has 0 radical (unpaired) electrons. The highest BCUT2D eigenvalue weighted by atomic mass is 19.4. The smallest absolute Gasteiger partial charge is 0.379 e. The van der Waals surface area contributed by atoms with Gasteiger partial charge in [0.15, 0.2) is 0 Å². The van der Waals surface area contributed by atoms with Crippen molar-refractivity contribution in [2.45, 2.75) is 24.7 Å². The van der Waals surface area contributed by atoms with Crippen LogP contribution in [0.5, 0.6) is 0 Å². The Morgan fingerprint density at radius 1 is 1.29 bits per heavy atom. The van der Waals surface area contributed by atoms with Gasteiger partial charge in [-0.05, 0) is 36.8 Å². The maximum Gasteiger partial charge on any atom is 0.418 e. The Bertz CT molecular complexity index is 850. The van der Waals surface area contributed by atoms with E-state index in [9.17, 15) is 22.4 Å². The van der Waals surface area contributed by atoms with E-state index in [-0.39, 0.29) is 30.4 Å². The van der Waals surface area contributed by atoms with Gasteiger partial charge in [0, 0.05) is 6.61 Å². The van der Waals surface area contributed by atoms with Crippen molar-refractivity contribution in [3.63, 3.8) is 0 Å². The second kappa shape index (κ2) is 7.72. The van der Waals surface area contributed by atoms with Crippen molar-refractivity contribution in [2.24, 2.45) is 5.73 Å². The lowest BCUT2D eigenvalue weighted by molar-refractivity contribution is -0.137. The zero-order valence-electron chi connectivity index (χ0n) is 14.6. The SMILES string of the molecule is NC1(C(=O)NCc2ccc(Nc3ccc(F)cc3C(F)(F)F)cn2)CCOC1. The molecule has 0 aliphatic carbocycles. The lowest BCUT2D eigenvalue weighted by Crippen LogP contribution is -2.54. The van der Waals surface area contributed by atoms with E-state index in [2.05, 4.69) is 15.6 Å². The first kappa shape index (κ1) is 20.0. The number of benzene rings is 1. The molecule has 10 heteroatoms. The highest BCUT2D eigenvalue weighted by Crippen LogP contribution is 2.36. The van der Waals surface area contributed by atoms with Gasteiger partial charge in [0.1, 0.15) is 11.4 Å². The second-order valence-electron chi connectivity index (χ2n) is 6.49. The van der Waals surface area contributed by atoms with Crippen LogP contribution in [0.2, 0.25) is 0 Å². The maximum absolute atomic E-state index is 13.2. The summed E-state index contributed by atoms with van der Waals surface area (Å²) in [5.41, 5.74) is 4.27. The predicted octanol–water partition coefficient (Wildman–Crippen LogP) is 2.72. The van der Waals surface area contributed by atoms with Gasteiger partial charge in [-0.2, -0.15) is 13.2 Å². The predicted molar refractivity (Wildman–Crippen MR) is 93.1 cm³/mol. The summed E-state index contributed by atoms with van der Waals surface area (Å²) >= 11 is 0. The van der Waals surface area contributed by atoms with E-state index in [0.717, 1.165) is 12.1 Å². The normalized spacial score (nSPS) is 19.5. The summed E-state index contributed by atoms with van der Waals surface area (Å²) in [6.07, 6.45) is -2.96. The summed E-state index contributed by atoms with van der Waals surface area (Å²) in [5, 5.41) is 5.24. The molecule has 1 aromatic carbocycles. The molecule has 1 unspecified atom stereocenters. The third kappa shape index (κ3) is 4.57. The summed E-state index contributed by atoms with van der Waals surface area (Å²) in [7, 11) is 0. The number of hydrogen-bond donors (Lipinski definition) is 3. The molecule has 1 fully saturated rings. The number of anilines is 2. The van der Waals surface area contributed by atoms with Crippen molar-refractivity contribution in [3.8, 4) is 0 Å². The fraction of sp³-hybridized carbons (Fsp3) is 0.333. The van der Waals surface area contributed by atoms with Gasteiger partial charge < -0.3 is 21.1 Å². The van der Waals surface area contributed by atoms with Gasteiger partial charge in [-0.25, -0.2) is 4.39 Å². The van der Waals surface area contributed by atoms with E-state index < -0.39 is 23.1 Å². The summed E-state index contributed by atoms with van der Waals surface area (Å²) in [5.74, 6) is -1.33. The Labute approximate surface area is 158 Å². The van der Waals surface area contributed by atoms with Crippen LogP contribution < -0.4 is 16.4 Å². The first-order chi connectivity index (χ1) is 13.2. The summed E-state index contributed by atoms with van der Waals surface area (Å²) in [4.78, 5) is 16.2. The zero-order valence-corrected chi connectivity index (χ0v) is 14.6. The van der Waals surface area contributed by atoms with Gasteiger partial charge in [-0.3, -0.25) is 9.78 Å². The molecule has 28 heavy (non-hydrogen) atoms. The Hall–Kier alpha value is -2.72. The number of amides is 1. The minimum atomic E-state index is -4.70. The van der Waals surface area contributed by atoms with E-state index >= 15 is 0 Å². The molecule has 0 bridgehead atoms. The number of ether oxygens (including phenoxy) is 1. The number of halogens is 4. The average molecular weight is 398 g/mol. The van der Waals surface area contributed by atoms with E-state index in [1.165, 1.54) is 12.3 Å². The highest BCUT2D eigenvalue weighted by molar-refractivity contribution is 5.86. The van der Waals surface area contributed by atoms with Crippen LogP contribution in [0.1, 0.15) is 17.7 Å². The monoisotopic (exact) mass is 398 g/mol. The second-order valence-corrected chi connectivity index (χ2v) is 6.49. The third-order valence-corrected chi connectivity index (χ3v) is 4.33. The van der Waals surface area contributed by atoms with Crippen LogP contribution in [-0.2, 0) is 22.3 Å². The van der Waals surface area contributed by atoms with Crippen molar-refractivity contribution in [3.05, 3.63) is 53.6 Å². The largest absolute Gasteiger partial charge is 0.418 e. The van der Waals surface area contributed by atoms with Gasteiger partial charge in [-0.1, -0.05) is 0 Å². The number of rotatable bonds is 5. The van der Waals surface area contributed by atoms with E-state index in [4.69, 9.17) is 10.5 Å². The molecule has 2 aromatic rings. The van der Waals surface area contributed by atoms with E-state index in [1.807, 2.05) is 0 Å². The first-order valence-electron chi connectivity index (χ1n) is 8.41. The number of nitrogens with zero attached hydrogens (tertiary/aromatic N) is 1. The quantitative estimate of drug-likeness (QED) is 0.674. The zero-order chi connectivity index (χ0) is 20.4. The molecule has 1 amide bonds. The molecule has 3 rings (SSSR count). The van der Waals surface area contributed by atoms with Crippen LogP contribution in [0, 0.1) is 5.82 Å². The lowest BCUT2D eigenvalue weighted by atomic mass is 9.99. The van der Waals surface area contributed by atoms with Crippen molar-refractivity contribution < 1.29 is 27.1 Å². The van der Waals surface area contributed by atoms with E-state index in [0.29, 0.717) is 24.8 Å². The molecular formula is C18H18F4N4O2. The Morgan fingerprint density at radius 3 is 2.68 bits per heavy atom. The number of carbonyl (C=O) groups is 1. The number of nitrogens with one attached hydrogen (secondary N) is 2. The van der Waals surface area contributed by atoms with Gasteiger partial charge in [0.2, 0.25) is 5.91 Å². The molecule has 0 spiro atoms. The number of hydrogen-bond acceptors (Lipinski definition) is 5. The fourth-order valence-electron chi connectivity index (χ4n) is 2.73. The minimum Gasteiger partial charge on any atom is -0.379 e. The summed E-state index contributed by atoms with van der Waals surface area (Å²) < 4.78 is 57.4. The molecule has 4 N–H and O–H groups in total. The number of alkyl halides is 3. The van der Waals surface area contributed by atoms with Crippen molar-refractivity contribution in [1.82, 2.24) is 10.3 Å². The molecule has 2 heterocycles. The van der Waals surface area contributed by atoms with Gasteiger partial charge in [-0.15, -0.1) is 0 Å².